The second-order valence-electron chi connectivity index (χ2n) is 7.05. The van der Waals surface area contributed by atoms with Crippen LogP contribution in [0.1, 0.15) is 47.7 Å². The molecule has 0 aliphatic heterocycles. The fourth-order valence-corrected chi connectivity index (χ4v) is 2.67. The van der Waals surface area contributed by atoms with Gasteiger partial charge in [0.05, 0.1) is 0 Å². The van der Waals surface area contributed by atoms with Gasteiger partial charge in [-0.15, -0.1) is 0 Å². The molecular formula is C23H26N2O5. The summed E-state index contributed by atoms with van der Waals surface area (Å²) in [7, 11) is 0. The van der Waals surface area contributed by atoms with Gasteiger partial charge < -0.3 is 15.4 Å². The van der Waals surface area contributed by atoms with Crippen LogP contribution in [-0.4, -0.2) is 30.2 Å². The summed E-state index contributed by atoms with van der Waals surface area (Å²) in [5.41, 5.74) is 3.85. The lowest BCUT2D eigenvalue weighted by molar-refractivity contribution is -0.147. The molecule has 7 heteroatoms. The van der Waals surface area contributed by atoms with Crippen molar-refractivity contribution in [3.8, 4) is 0 Å². The highest BCUT2D eigenvalue weighted by atomic mass is 16.5. The summed E-state index contributed by atoms with van der Waals surface area (Å²) in [6.45, 7) is 5.00. The summed E-state index contributed by atoms with van der Waals surface area (Å²) >= 11 is 0. The largest absolute Gasteiger partial charge is 0.456 e. The molecule has 0 aliphatic rings. The van der Waals surface area contributed by atoms with Gasteiger partial charge in [-0.1, -0.05) is 18.2 Å². The number of carbonyl (C=O) groups excluding carboxylic acids is 4. The van der Waals surface area contributed by atoms with Crippen LogP contribution in [-0.2, 0) is 19.1 Å². The van der Waals surface area contributed by atoms with E-state index < -0.39 is 11.9 Å². The van der Waals surface area contributed by atoms with Crippen LogP contribution in [0, 0.1) is 13.8 Å². The Morgan fingerprint density at radius 1 is 0.833 bits per heavy atom. The Kier molecular flexibility index (Phi) is 8.29. The number of carbonyl (C=O) groups is 4. The van der Waals surface area contributed by atoms with Crippen molar-refractivity contribution in [2.24, 2.45) is 0 Å². The fourth-order valence-electron chi connectivity index (χ4n) is 2.67. The van der Waals surface area contributed by atoms with E-state index in [0.29, 0.717) is 16.9 Å². The van der Waals surface area contributed by atoms with Gasteiger partial charge in [-0.25, -0.2) is 0 Å². The molecule has 0 saturated heterocycles. The maximum Gasteiger partial charge on any atom is 0.306 e. The van der Waals surface area contributed by atoms with E-state index in [2.05, 4.69) is 10.6 Å². The van der Waals surface area contributed by atoms with Crippen LogP contribution >= 0.6 is 0 Å². The zero-order chi connectivity index (χ0) is 22.1. The number of hydrogen-bond donors (Lipinski definition) is 2. The molecule has 0 atom stereocenters. The summed E-state index contributed by atoms with van der Waals surface area (Å²) < 4.78 is 4.95. The van der Waals surface area contributed by atoms with Gasteiger partial charge >= 0.3 is 5.97 Å². The quantitative estimate of drug-likeness (QED) is 0.484. The highest BCUT2D eigenvalue weighted by Crippen LogP contribution is 2.14. The molecule has 0 fully saturated rings. The normalized spacial score (nSPS) is 10.2. The number of anilines is 2. The number of rotatable bonds is 9. The van der Waals surface area contributed by atoms with Gasteiger partial charge in [0, 0.05) is 29.8 Å². The van der Waals surface area contributed by atoms with Gasteiger partial charge in [0.2, 0.25) is 5.91 Å². The lowest BCUT2D eigenvalue weighted by Crippen LogP contribution is -2.21. The molecule has 30 heavy (non-hydrogen) atoms. The summed E-state index contributed by atoms with van der Waals surface area (Å²) in [4.78, 5) is 47.0. The van der Waals surface area contributed by atoms with Crippen LogP contribution in [0.2, 0.25) is 0 Å². The first-order valence-corrected chi connectivity index (χ1v) is 9.68. The third kappa shape index (κ3) is 7.50. The number of nitrogens with one attached hydrogen (secondary N) is 2. The SMILES string of the molecule is CC(=O)c1cccc(NC(=O)CCCC(=O)OCC(=O)Nc2ccc(C)c(C)c2)c1. The van der Waals surface area contributed by atoms with Gasteiger partial charge in [-0.3, -0.25) is 19.2 Å². The van der Waals surface area contributed by atoms with Gasteiger partial charge in [-0.2, -0.15) is 0 Å². The summed E-state index contributed by atoms with van der Waals surface area (Å²) in [6, 6.07) is 12.2. The van der Waals surface area contributed by atoms with Crippen molar-refractivity contribution in [2.45, 2.75) is 40.0 Å². The van der Waals surface area contributed by atoms with Crippen molar-refractivity contribution in [3.05, 3.63) is 59.2 Å². The number of amides is 2. The molecule has 2 aromatic carbocycles. The first kappa shape index (κ1) is 22.8. The number of esters is 1. The molecular weight excluding hydrogens is 384 g/mol. The van der Waals surface area contributed by atoms with E-state index in [1.54, 1.807) is 30.3 Å². The van der Waals surface area contributed by atoms with E-state index in [1.165, 1.54) is 6.92 Å². The van der Waals surface area contributed by atoms with Gasteiger partial charge in [0.25, 0.3) is 5.91 Å². The molecule has 0 bridgehead atoms. The predicted octanol–water partition coefficient (Wildman–Crippen LogP) is 3.80. The third-order valence-electron chi connectivity index (χ3n) is 4.49. The predicted molar refractivity (Wildman–Crippen MR) is 114 cm³/mol. The smallest absolute Gasteiger partial charge is 0.306 e. The Bertz CT molecular complexity index is 952. The van der Waals surface area contributed by atoms with Crippen molar-refractivity contribution in [1.29, 1.82) is 0 Å². The standard InChI is InChI=1S/C23H26N2O5/c1-15-10-11-20(12-16(15)2)25-22(28)14-30-23(29)9-5-8-21(27)24-19-7-4-6-18(13-19)17(3)26/h4,6-7,10-13H,5,8-9,14H2,1-3H3,(H,24,27)(H,25,28). The molecule has 0 aromatic heterocycles. The minimum atomic E-state index is -0.545. The molecule has 0 spiro atoms. The van der Waals surface area contributed by atoms with Crippen molar-refractivity contribution in [3.63, 3.8) is 0 Å². The number of ether oxygens (including phenoxy) is 1. The molecule has 2 N–H and O–H groups in total. The lowest BCUT2D eigenvalue weighted by Gasteiger charge is -2.09. The lowest BCUT2D eigenvalue weighted by atomic mass is 10.1. The van der Waals surface area contributed by atoms with E-state index in [-0.39, 0.29) is 37.6 Å². The van der Waals surface area contributed by atoms with E-state index in [1.807, 2.05) is 26.0 Å². The number of benzene rings is 2. The van der Waals surface area contributed by atoms with E-state index in [4.69, 9.17) is 4.74 Å². The minimum absolute atomic E-state index is 0.0256. The maximum absolute atomic E-state index is 12.0. The van der Waals surface area contributed by atoms with Crippen LogP contribution in [0.5, 0.6) is 0 Å². The average molecular weight is 410 g/mol. The summed E-state index contributed by atoms with van der Waals surface area (Å²) in [6.07, 6.45) is 0.432. The van der Waals surface area contributed by atoms with Crippen LogP contribution < -0.4 is 10.6 Å². The van der Waals surface area contributed by atoms with Crippen LogP contribution in [0.3, 0.4) is 0 Å². The summed E-state index contributed by atoms with van der Waals surface area (Å²) in [5, 5.41) is 5.36. The number of aryl methyl sites for hydroxylation is 2. The zero-order valence-corrected chi connectivity index (χ0v) is 17.4. The Balaban J connectivity index is 1.67. The molecule has 0 heterocycles. The second-order valence-corrected chi connectivity index (χ2v) is 7.05. The van der Waals surface area contributed by atoms with Crippen molar-refractivity contribution >= 4 is 34.9 Å². The molecule has 0 radical (unpaired) electrons. The second kappa shape index (κ2) is 10.9. The first-order valence-electron chi connectivity index (χ1n) is 9.68. The highest BCUT2D eigenvalue weighted by molar-refractivity contribution is 5.97. The maximum atomic E-state index is 12.0. The van der Waals surface area contributed by atoms with Gasteiger partial charge in [-0.05, 0) is 62.6 Å². The fraction of sp³-hybridized carbons (Fsp3) is 0.304. The Morgan fingerprint density at radius 3 is 2.23 bits per heavy atom. The van der Waals surface area contributed by atoms with Crippen LogP contribution in [0.15, 0.2) is 42.5 Å². The monoisotopic (exact) mass is 410 g/mol. The molecule has 2 rings (SSSR count). The molecule has 2 amide bonds. The van der Waals surface area contributed by atoms with E-state index in [9.17, 15) is 19.2 Å². The average Bonchev–Trinajstić information content (AvgIpc) is 2.69. The Labute approximate surface area is 175 Å². The molecule has 0 saturated carbocycles. The van der Waals surface area contributed by atoms with E-state index in [0.717, 1.165) is 11.1 Å². The Hall–Kier alpha value is -3.48. The number of ketones is 1. The topological polar surface area (TPSA) is 102 Å². The van der Waals surface area contributed by atoms with Crippen molar-refractivity contribution in [1.82, 2.24) is 0 Å². The molecule has 2 aromatic rings. The van der Waals surface area contributed by atoms with Gasteiger partial charge in [0.1, 0.15) is 0 Å². The zero-order valence-electron chi connectivity index (χ0n) is 17.4. The number of hydrogen-bond acceptors (Lipinski definition) is 5. The van der Waals surface area contributed by atoms with Crippen molar-refractivity contribution in [2.75, 3.05) is 17.2 Å². The molecule has 158 valence electrons. The highest BCUT2D eigenvalue weighted by Gasteiger charge is 2.10. The minimum Gasteiger partial charge on any atom is -0.456 e. The molecule has 7 nitrogen and oxygen atoms in total. The Morgan fingerprint density at radius 2 is 1.53 bits per heavy atom. The van der Waals surface area contributed by atoms with Crippen molar-refractivity contribution < 1.29 is 23.9 Å². The molecule has 0 unspecified atom stereocenters. The van der Waals surface area contributed by atoms with Crippen LogP contribution in [0.25, 0.3) is 0 Å². The van der Waals surface area contributed by atoms with E-state index >= 15 is 0 Å². The summed E-state index contributed by atoms with van der Waals surface area (Å²) in [5.74, 6) is -1.32. The van der Waals surface area contributed by atoms with Crippen LogP contribution in [0.4, 0.5) is 11.4 Å². The molecule has 0 aliphatic carbocycles. The van der Waals surface area contributed by atoms with Gasteiger partial charge in [0.15, 0.2) is 12.4 Å². The first-order chi connectivity index (χ1) is 14.2. The number of Topliss-reactive ketones (excluding diaryl/α,β-unsaturated/α-hetero) is 1. The third-order valence-corrected chi connectivity index (χ3v) is 4.49.